The Bertz CT molecular complexity index is 1000. The molecular weight excluding hydrogens is 448 g/mol. The van der Waals surface area contributed by atoms with Gasteiger partial charge < -0.3 is 24.4 Å². The Balaban J connectivity index is 1.88. The van der Waals surface area contributed by atoms with Crippen LogP contribution >= 0.6 is 0 Å². The van der Waals surface area contributed by atoms with E-state index in [1.54, 1.807) is 55.5 Å². The van der Waals surface area contributed by atoms with Crippen LogP contribution in [0.4, 0.5) is 5.69 Å². The highest BCUT2D eigenvalue weighted by molar-refractivity contribution is 5.97. The number of esters is 1. The van der Waals surface area contributed by atoms with Crippen molar-refractivity contribution in [3.63, 3.8) is 0 Å². The fraction of sp³-hybridized carbons (Fsp3) is 0.444. The molecule has 1 aliphatic rings. The molecule has 1 N–H and O–H groups in total. The number of benzene rings is 2. The summed E-state index contributed by atoms with van der Waals surface area (Å²) in [5.74, 6) is -0.221. The molecule has 1 heterocycles. The second kappa shape index (κ2) is 12.2. The summed E-state index contributed by atoms with van der Waals surface area (Å²) in [6.45, 7) is 3.64. The van der Waals surface area contributed by atoms with E-state index in [0.29, 0.717) is 23.6 Å². The lowest BCUT2D eigenvalue weighted by molar-refractivity contribution is -0.154. The van der Waals surface area contributed by atoms with Crippen LogP contribution in [0.2, 0.25) is 0 Å². The molecule has 1 aliphatic heterocycles. The number of hydrogen-bond acceptors (Lipinski definition) is 6. The molecule has 188 valence electrons. The van der Waals surface area contributed by atoms with E-state index in [4.69, 9.17) is 14.2 Å². The molecule has 8 nitrogen and oxygen atoms in total. The molecule has 1 fully saturated rings. The molecule has 35 heavy (non-hydrogen) atoms. The molecule has 1 saturated heterocycles. The zero-order valence-electron chi connectivity index (χ0n) is 20.8. The van der Waals surface area contributed by atoms with Gasteiger partial charge in [-0.2, -0.15) is 0 Å². The Morgan fingerprint density at radius 3 is 2.09 bits per heavy atom. The topological polar surface area (TPSA) is 94.2 Å². The molecule has 0 aromatic heterocycles. The van der Waals surface area contributed by atoms with Gasteiger partial charge in [-0.3, -0.25) is 14.4 Å². The third kappa shape index (κ3) is 6.32. The van der Waals surface area contributed by atoms with Crippen LogP contribution in [-0.2, 0) is 19.1 Å². The third-order valence-electron chi connectivity index (χ3n) is 6.40. The molecule has 0 aliphatic carbocycles. The Labute approximate surface area is 206 Å². The Morgan fingerprint density at radius 1 is 0.971 bits per heavy atom. The predicted octanol–water partition coefficient (Wildman–Crippen LogP) is 4.04. The fourth-order valence-corrected chi connectivity index (χ4v) is 4.37. The van der Waals surface area contributed by atoms with Gasteiger partial charge in [0.2, 0.25) is 5.91 Å². The Kier molecular flexibility index (Phi) is 9.11. The molecule has 8 heteroatoms. The van der Waals surface area contributed by atoms with E-state index in [9.17, 15) is 14.4 Å². The SMILES string of the molecule is CCC(CC)NC(=O)COC(=O)[C@@H]1CCC(=O)N(c2ccc(OC)cc2)[C@H]1c1ccc(OC)cc1. The molecule has 2 aromatic carbocycles. The molecular formula is C27H34N2O6. The molecule has 0 unspecified atom stereocenters. The minimum Gasteiger partial charge on any atom is -0.497 e. The van der Waals surface area contributed by atoms with Crippen LogP contribution in [0.5, 0.6) is 11.5 Å². The van der Waals surface area contributed by atoms with Gasteiger partial charge in [0.25, 0.3) is 5.91 Å². The first-order chi connectivity index (χ1) is 16.9. The number of anilines is 1. The molecule has 2 atom stereocenters. The van der Waals surface area contributed by atoms with Crippen molar-refractivity contribution in [2.45, 2.75) is 51.6 Å². The molecule has 0 radical (unpaired) electrons. The maximum Gasteiger partial charge on any atom is 0.311 e. The summed E-state index contributed by atoms with van der Waals surface area (Å²) >= 11 is 0. The molecule has 3 rings (SSSR count). The first-order valence-corrected chi connectivity index (χ1v) is 12.0. The van der Waals surface area contributed by atoms with Crippen molar-refractivity contribution in [1.82, 2.24) is 5.32 Å². The van der Waals surface area contributed by atoms with Crippen molar-refractivity contribution in [3.05, 3.63) is 54.1 Å². The number of amides is 2. The van der Waals surface area contributed by atoms with Crippen molar-refractivity contribution >= 4 is 23.5 Å². The number of carbonyl (C=O) groups excluding carboxylic acids is 3. The number of nitrogens with one attached hydrogen (secondary N) is 1. The van der Waals surface area contributed by atoms with E-state index in [1.807, 2.05) is 26.0 Å². The lowest BCUT2D eigenvalue weighted by atomic mass is 9.83. The normalized spacial score (nSPS) is 17.7. The quantitative estimate of drug-likeness (QED) is 0.514. The first kappa shape index (κ1) is 26.1. The van der Waals surface area contributed by atoms with E-state index in [2.05, 4.69) is 5.32 Å². The van der Waals surface area contributed by atoms with E-state index < -0.39 is 17.9 Å². The summed E-state index contributed by atoms with van der Waals surface area (Å²) in [4.78, 5) is 40.3. The lowest BCUT2D eigenvalue weighted by Gasteiger charge is -2.40. The standard InChI is InChI=1S/C27H34N2O6/c1-5-19(6-2)28-24(30)17-35-27(32)23-15-16-25(31)29(20-9-13-22(34-4)14-10-20)26(23)18-7-11-21(33-3)12-8-18/h7-14,19,23,26H,5-6,15-17H2,1-4H3,(H,28,30)/t23-,26+/m1/s1. The summed E-state index contributed by atoms with van der Waals surface area (Å²) < 4.78 is 16.0. The Hall–Kier alpha value is -3.55. The van der Waals surface area contributed by atoms with Crippen LogP contribution in [-0.4, -0.2) is 44.7 Å². The smallest absolute Gasteiger partial charge is 0.311 e. The van der Waals surface area contributed by atoms with E-state index >= 15 is 0 Å². The molecule has 0 spiro atoms. The highest BCUT2D eigenvalue weighted by Gasteiger charge is 2.42. The van der Waals surface area contributed by atoms with Crippen molar-refractivity contribution < 1.29 is 28.6 Å². The highest BCUT2D eigenvalue weighted by atomic mass is 16.5. The summed E-state index contributed by atoms with van der Waals surface area (Å²) in [6.07, 6.45) is 2.13. The van der Waals surface area contributed by atoms with Crippen molar-refractivity contribution in [3.8, 4) is 11.5 Å². The van der Waals surface area contributed by atoms with Crippen LogP contribution in [0.3, 0.4) is 0 Å². The molecule has 2 aromatic rings. The number of methoxy groups -OCH3 is 2. The zero-order chi connectivity index (χ0) is 25.4. The van der Waals surface area contributed by atoms with Gasteiger partial charge in [0.15, 0.2) is 6.61 Å². The number of piperidine rings is 1. The summed E-state index contributed by atoms with van der Waals surface area (Å²) in [7, 11) is 3.16. The average molecular weight is 483 g/mol. The average Bonchev–Trinajstić information content (AvgIpc) is 2.90. The predicted molar refractivity (Wildman–Crippen MR) is 132 cm³/mol. The van der Waals surface area contributed by atoms with Gasteiger partial charge in [-0.25, -0.2) is 0 Å². The minimum absolute atomic E-state index is 0.0473. The second-order valence-electron chi connectivity index (χ2n) is 8.51. The van der Waals surface area contributed by atoms with Gasteiger partial charge in [0.05, 0.1) is 26.2 Å². The minimum atomic E-state index is -0.635. The number of ether oxygens (including phenoxy) is 3. The highest BCUT2D eigenvalue weighted by Crippen LogP contribution is 2.41. The molecule has 0 bridgehead atoms. The van der Waals surface area contributed by atoms with Gasteiger partial charge in [-0.1, -0.05) is 26.0 Å². The maximum absolute atomic E-state index is 13.2. The van der Waals surface area contributed by atoms with Crippen LogP contribution in [0.25, 0.3) is 0 Å². The maximum atomic E-state index is 13.2. The molecule has 0 saturated carbocycles. The number of hydrogen-bond donors (Lipinski definition) is 1. The van der Waals surface area contributed by atoms with Gasteiger partial charge in [-0.15, -0.1) is 0 Å². The van der Waals surface area contributed by atoms with Crippen molar-refractivity contribution in [2.75, 3.05) is 25.7 Å². The van der Waals surface area contributed by atoms with E-state index in [0.717, 1.165) is 18.4 Å². The van der Waals surface area contributed by atoms with Crippen molar-refractivity contribution in [2.24, 2.45) is 5.92 Å². The Morgan fingerprint density at radius 2 is 1.54 bits per heavy atom. The van der Waals surface area contributed by atoms with Crippen molar-refractivity contribution in [1.29, 1.82) is 0 Å². The number of nitrogens with zero attached hydrogens (tertiary/aromatic N) is 1. The summed E-state index contributed by atoms with van der Waals surface area (Å²) in [5, 5.41) is 2.88. The largest absolute Gasteiger partial charge is 0.497 e. The zero-order valence-corrected chi connectivity index (χ0v) is 20.8. The van der Waals surface area contributed by atoms with E-state index in [-0.39, 0.29) is 30.9 Å². The monoisotopic (exact) mass is 482 g/mol. The summed E-state index contributed by atoms with van der Waals surface area (Å²) in [5.41, 5.74) is 1.43. The number of carbonyl (C=O) groups is 3. The van der Waals surface area contributed by atoms with Crippen LogP contribution in [0.15, 0.2) is 48.5 Å². The van der Waals surface area contributed by atoms with Gasteiger partial charge in [0, 0.05) is 18.2 Å². The summed E-state index contributed by atoms with van der Waals surface area (Å²) in [6, 6.07) is 13.9. The van der Waals surface area contributed by atoms with Crippen LogP contribution in [0, 0.1) is 5.92 Å². The lowest BCUT2D eigenvalue weighted by Crippen LogP contribution is -2.46. The fourth-order valence-electron chi connectivity index (χ4n) is 4.37. The van der Waals surface area contributed by atoms with Crippen LogP contribution in [0.1, 0.15) is 51.1 Å². The number of rotatable bonds is 10. The second-order valence-corrected chi connectivity index (χ2v) is 8.51. The molecule has 2 amide bonds. The first-order valence-electron chi connectivity index (χ1n) is 12.0. The van der Waals surface area contributed by atoms with Gasteiger partial charge in [0.1, 0.15) is 11.5 Å². The third-order valence-corrected chi connectivity index (χ3v) is 6.40. The van der Waals surface area contributed by atoms with Gasteiger partial charge in [-0.05, 0) is 61.2 Å². The van der Waals surface area contributed by atoms with Gasteiger partial charge >= 0.3 is 5.97 Å². The van der Waals surface area contributed by atoms with E-state index in [1.165, 1.54) is 0 Å². The van der Waals surface area contributed by atoms with Crippen LogP contribution < -0.4 is 19.7 Å².